The molecular weight excluding hydrogens is 192 g/mol. The van der Waals surface area contributed by atoms with Gasteiger partial charge in [0.1, 0.15) is 0 Å². The van der Waals surface area contributed by atoms with Gasteiger partial charge in [0, 0.05) is 18.2 Å². The molecule has 0 heterocycles. The van der Waals surface area contributed by atoms with Gasteiger partial charge in [0.05, 0.1) is 4.92 Å². The van der Waals surface area contributed by atoms with Gasteiger partial charge >= 0.3 is 0 Å². The Labute approximate surface area is 80.8 Å². The van der Waals surface area contributed by atoms with Gasteiger partial charge in [0.15, 0.2) is 0 Å². The molecule has 0 aliphatic carbocycles. The largest absolute Gasteiger partial charge is 0.272 e. The van der Waals surface area contributed by atoms with Gasteiger partial charge in [-0.2, -0.15) is 0 Å². The Morgan fingerprint density at radius 1 is 1.62 bits per heavy atom. The van der Waals surface area contributed by atoms with Crippen LogP contribution in [0.5, 0.6) is 0 Å². The van der Waals surface area contributed by atoms with Gasteiger partial charge < -0.3 is 0 Å². The van der Waals surface area contributed by atoms with E-state index in [4.69, 9.17) is 11.8 Å². The minimum atomic E-state index is -0.396. The molecule has 0 atom stereocenters. The normalized spacial score (nSPS) is 10.0. The van der Waals surface area contributed by atoms with E-state index in [9.17, 15) is 10.1 Å². The summed E-state index contributed by atoms with van der Waals surface area (Å²) < 4.78 is 0. The molecule has 4 nitrogen and oxygen atoms in total. The van der Waals surface area contributed by atoms with Gasteiger partial charge in [-0.15, -0.1) is 0 Å². The van der Waals surface area contributed by atoms with E-state index in [0.29, 0.717) is 12.1 Å². The molecule has 0 aliphatic rings. The molecule has 0 amide bonds. The fourth-order valence-electron chi connectivity index (χ4n) is 1.11. The maximum Gasteiger partial charge on any atom is 0.272 e. The number of nitrogens with one attached hydrogen (secondary N) is 1. The molecule has 13 heavy (non-hydrogen) atoms. The van der Waals surface area contributed by atoms with E-state index < -0.39 is 4.92 Å². The molecule has 1 aromatic rings. The predicted molar refractivity (Wildman–Crippen MR) is 50.5 cm³/mol. The second kappa shape index (κ2) is 4.20. The van der Waals surface area contributed by atoms with Crippen LogP contribution in [-0.4, -0.2) is 4.92 Å². The Bertz CT molecular complexity index is 328. The SMILES string of the molecule is Cc1cc(CNCl)ccc1[N+](=O)[O-]. The van der Waals surface area contributed by atoms with Crippen LogP contribution in [0, 0.1) is 17.0 Å². The predicted octanol–water partition coefficient (Wildman–Crippen LogP) is 2.15. The van der Waals surface area contributed by atoms with Crippen LogP contribution in [0.25, 0.3) is 0 Å². The van der Waals surface area contributed by atoms with Crippen molar-refractivity contribution in [2.24, 2.45) is 0 Å². The minimum absolute atomic E-state index is 0.137. The smallest absolute Gasteiger partial charge is 0.258 e. The second-order valence-electron chi connectivity index (χ2n) is 2.69. The molecule has 1 N–H and O–H groups in total. The number of hydrogen-bond acceptors (Lipinski definition) is 3. The third-order valence-corrected chi connectivity index (χ3v) is 1.86. The molecule has 0 unspecified atom stereocenters. The zero-order valence-corrected chi connectivity index (χ0v) is 7.84. The molecule has 0 saturated heterocycles. The highest BCUT2D eigenvalue weighted by Crippen LogP contribution is 2.18. The lowest BCUT2D eigenvalue weighted by molar-refractivity contribution is -0.385. The summed E-state index contributed by atoms with van der Waals surface area (Å²) in [6.07, 6.45) is 0. The van der Waals surface area contributed by atoms with Crippen molar-refractivity contribution in [2.75, 3.05) is 0 Å². The lowest BCUT2D eigenvalue weighted by Gasteiger charge is -2.00. The van der Waals surface area contributed by atoms with Gasteiger partial charge in [-0.25, -0.2) is 4.84 Å². The Balaban J connectivity index is 2.98. The topological polar surface area (TPSA) is 55.2 Å². The summed E-state index contributed by atoms with van der Waals surface area (Å²) in [6.45, 7) is 2.20. The summed E-state index contributed by atoms with van der Waals surface area (Å²) in [7, 11) is 0. The summed E-state index contributed by atoms with van der Waals surface area (Å²) in [5, 5.41) is 10.5. The molecule has 0 aliphatic heterocycles. The van der Waals surface area contributed by atoms with E-state index in [0.717, 1.165) is 5.56 Å². The highest BCUT2D eigenvalue weighted by Gasteiger charge is 2.09. The fraction of sp³-hybridized carbons (Fsp3) is 0.250. The maximum atomic E-state index is 10.5. The summed E-state index contributed by atoms with van der Waals surface area (Å²) >= 11 is 5.31. The average Bonchev–Trinajstić information content (AvgIpc) is 2.04. The minimum Gasteiger partial charge on any atom is -0.258 e. The summed E-state index contributed by atoms with van der Waals surface area (Å²) in [5.74, 6) is 0. The molecule has 0 saturated carbocycles. The van der Waals surface area contributed by atoms with Gasteiger partial charge in [-0.05, 0) is 30.3 Å². The Hall–Kier alpha value is -1.13. The van der Waals surface area contributed by atoms with E-state index >= 15 is 0 Å². The van der Waals surface area contributed by atoms with Crippen molar-refractivity contribution in [1.29, 1.82) is 0 Å². The van der Waals surface area contributed by atoms with Crippen LogP contribution >= 0.6 is 11.8 Å². The number of nitrogens with zero attached hydrogens (tertiary/aromatic N) is 1. The Morgan fingerprint density at radius 3 is 2.77 bits per heavy atom. The highest BCUT2D eigenvalue weighted by molar-refractivity contribution is 6.13. The number of benzene rings is 1. The van der Waals surface area contributed by atoms with Gasteiger partial charge in [0.25, 0.3) is 5.69 Å². The number of rotatable bonds is 3. The van der Waals surface area contributed by atoms with E-state index in [1.165, 1.54) is 6.07 Å². The Kier molecular flexibility index (Phi) is 3.22. The average molecular weight is 201 g/mol. The van der Waals surface area contributed by atoms with Crippen LogP contribution in [-0.2, 0) is 6.54 Å². The first-order valence-corrected chi connectivity index (χ1v) is 4.10. The number of hydrogen-bond donors (Lipinski definition) is 1. The standard InChI is InChI=1S/C8H9ClN2O2/c1-6-4-7(5-10-9)2-3-8(6)11(12)13/h2-4,10H,5H2,1H3. The molecule has 0 bridgehead atoms. The highest BCUT2D eigenvalue weighted by atomic mass is 35.5. The molecule has 70 valence electrons. The quantitative estimate of drug-likeness (QED) is 0.462. The van der Waals surface area contributed by atoms with Crippen LogP contribution in [0.15, 0.2) is 18.2 Å². The maximum absolute atomic E-state index is 10.5. The van der Waals surface area contributed by atoms with Crippen LogP contribution in [0.1, 0.15) is 11.1 Å². The van der Waals surface area contributed by atoms with Crippen LogP contribution < -0.4 is 4.84 Å². The summed E-state index contributed by atoms with van der Waals surface area (Å²) in [5.41, 5.74) is 1.71. The molecule has 1 rings (SSSR count). The van der Waals surface area contributed by atoms with Crippen LogP contribution in [0.2, 0.25) is 0 Å². The van der Waals surface area contributed by atoms with Gasteiger partial charge in [-0.1, -0.05) is 6.07 Å². The molecule has 0 aromatic heterocycles. The van der Waals surface area contributed by atoms with Gasteiger partial charge in [-0.3, -0.25) is 10.1 Å². The van der Waals surface area contributed by atoms with Crippen molar-refractivity contribution in [1.82, 2.24) is 4.84 Å². The van der Waals surface area contributed by atoms with E-state index in [1.54, 1.807) is 19.1 Å². The molecule has 0 fully saturated rings. The van der Waals surface area contributed by atoms with Crippen molar-refractivity contribution >= 4 is 17.5 Å². The lowest BCUT2D eigenvalue weighted by Crippen LogP contribution is -1.99. The van der Waals surface area contributed by atoms with Crippen LogP contribution in [0.3, 0.4) is 0 Å². The van der Waals surface area contributed by atoms with Crippen molar-refractivity contribution in [3.8, 4) is 0 Å². The molecule has 0 radical (unpaired) electrons. The second-order valence-corrected chi connectivity index (χ2v) is 2.96. The molecule has 0 spiro atoms. The van der Waals surface area contributed by atoms with Crippen molar-refractivity contribution in [3.05, 3.63) is 39.4 Å². The Morgan fingerprint density at radius 2 is 2.31 bits per heavy atom. The van der Waals surface area contributed by atoms with Crippen molar-refractivity contribution < 1.29 is 4.92 Å². The zero-order chi connectivity index (χ0) is 9.84. The zero-order valence-electron chi connectivity index (χ0n) is 7.08. The first-order chi connectivity index (χ1) is 6.15. The third kappa shape index (κ3) is 2.40. The van der Waals surface area contributed by atoms with Crippen molar-refractivity contribution in [2.45, 2.75) is 13.5 Å². The van der Waals surface area contributed by atoms with E-state index in [-0.39, 0.29) is 5.69 Å². The fourth-order valence-corrected chi connectivity index (χ4v) is 1.26. The molecule has 1 aromatic carbocycles. The number of nitro groups is 1. The lowest BCUT2D eigenvalue weighted by atomic mass is 10.1. The van der Waals surface area contributed by atoms with Gasteiger partial charge in [0.2, 0.25) is 0 Å². The first-order valence-electron chi connectivity index (χ1n) is 3.72. The van der Waals surface area contributed by atoms with Crippen LogP contribution in [0.4, 0.5) is 5.69 Å². The number of halogens is 1. The molecular formula is C8H9ClN2O2. The molecule has 5 heteroatoms. The van der Waals surface area contributed by atoms with Crippen molar-refractivity contribution in [3.63, 3.8) is 0 Å². The number of aryl methyl sites for hydroxylation is 1. The number of nitro benzene ring substituents is 1. The summed E-state index contributed by atoms with van der Waals surface area (Å²) in [4.78, 5) is 12.5. The van der Waals surface area contributed by atoms with E-state index in [2.05, 4.69) is 4.84 Å². The third-order valence-electron chi connectivity index (χ3n) is 1.73. The first kappa shape index (κ1) is 9.95. The van der Waals surface area contributed by atoms with E-state index in [1.807, 2.05) is 0 Å². The summed E-state index contributed by atoms with van der Waals surface area (Å²) in [6, 6.07) is 4.91. The monoisotopic (exact) mass is 200 g/mol.